The van der Waals surface area contributed by atoms with Crippen molar-refractivity contribution in [2.45, 2.75) is 52.2 Å². The molecule has 1 N–H and O–H groups in total. The highest BCUT2D eigenvalue weighted by Crippen LogP contribution is 2.27. The molecule has 0 unspecified atom stereocenters. The van der Waals surface area contributed by atoms with E-state index < -0.39 is 28.5 Å². The minimum absolute atomic E-state index is 0.0314. The van der Waals surface area contributed by atoms with Gasteiger partial charge in [0, 0.05) is 12.6 Å². The summed E-state index contributed by atoms with van der Waals surface area (Å²) in [5, 5.41) is 3.61. The van der Waals surface area contributed by atoms with Gasteiger partial charge in [0.2, 0.25) is 21.8 Å². The highest BCUT2D eigenvalue weighted by molar-refractivity contribution is 7.92. The first kappa shape index (κ1) is 32.2. The Morgan fingerprint density at radius 2 is 1.54 bits per heavy atom. The second-order valence-electron chi connectivity index (χ2n) is 9.69. The van der Waals surface area contributed by atoms with Crippen molar-refractivity contribution in [3.63, 3.8) is 0 Å². The summed E-state index contributed by atoms with van der Waals surface area (Å²) in [7, 11) is -3.87. The molecular formula is C30H35Cl2N3O5S. The molecule has 0 heterocycles. The first-order chi connectivity index (χ1) is 19.4. The lowest BCUT2D eigenvalue weighted by atomic mass is 10.1. The van der Waals surface area contributed by atoms with Crippen LogP contribution in [0.3, 0.4) is 0 Å². The number of nitrogens with zero attached hydrogens (tertiary/aromatic N) is 2. The van der Waals surface area contributed by atoms with Gasteiger partial charge in [0.05, 0.1) is 22.0 Å². The molecule has 0 aromatic heterocycles. The zero-order valence-electron chi connectivity index (χ0n) is 23.5. The molecule has 41 heavy (non-hydrogen) atoms. The average Bonchev–Trinajstić information content (AvgIpc) is 2.93. The zero-order valence-corrected chi connectivity index (χ0v) is 25.8. The summed E-state index contributed by atoms with van der Waals surface area (Å²) in [6.07, 6.45) is 2.07. The molecule has 2 atom stereocenters. The second kappa shape index (κ2) is 14.6. The number of hydrogen-bond donors (Lipinski definition) is 1. The van der Waals surface area contributed by atoms with Gasteiger partial charge < -0.3 is 15.0 Å². The van der Waals surface area contributed by atoms with E-state index in [2.05, 4.69) is 5.32 Å². The van der Waals surface area contributed by atoms with Crippen molar-refractivity contribution in [2.75, 3.05) is 17.1 Å². The molecule has 0 saturated heterocycles. The average molecular weight is 621 g/mol. The molecule has 0 fully saturated rings. The lowest BCUT2D eigenvalue weighted by molar-refractivity contribution is -0.140. The lowest BCUT2D eigenvalue weighted by Gasteiger charge is -2.33. The molecule has 0 radical (unpaired) electrons. The quantitative estimate of drug-likeness (QED) is 0.243. The SMILES string of the molecule is CC[C@H](C(=O)N[C@@H](C)CC)N(Cc1ccc(Cl)c(Cl)c1)C(=O)CN(c1ccc(Oc2ccccc2)cc1)S(C)(=O)=O. The fraction of sp³-hybridized carbons (Fsp3) is 0.333. The van der Waals surface area contributed by atoms with E-state index in [9.17, 15) is 18.0 Å². The van der Waals surface area contributed by atoms with Crippen LogP contribution in [0.25, 0.3) is 0 Å². The van der Waals surface area contributed by atoms with Crippen LogP contribution >= 0.6 is 23.2 Å². The van der Waals surface area contributed by atoms with Crippen LogP contribution < -0.4 is 14.4 Å². The number of halogens is 2. The summed E-state index contributed by atoms with van der Waals surface area (Å²) in [5.74, 6) is 0.282. The minimum atomic E-state index is -3.87. The van der Waals surface area contributed by atoms with Crippen molar-refractivity contribution in [1.29, 1.82) is 0 Å². The van der Waals surface area contributed by atoms with E-state index >= 15 is 0 Å². The molecule has 0 aliphatic heterocycles. The smallest absolute Gasteiger partial charge is 0.244 e. The third-order valence-electron chi connectivity index (χ3n) is 6.51. The van der Waals surface area contributed by atoms with E-state index in [1.807, 2.05) is 32.0 Å². The van der Waals surface area contributed by atoms with Gasteiger partial charge in [0.1, 0.15) is 24.1 Å². The highest BCUT2D eigenvalue weighted by atomic mass is 35.5. The molecular weight excluding hydrogens is 585 g/mol. The van der Waals surface area contributed by atoms with Crippen molar-refractivity contribution < 1.29 is 22.7 Å². The summed E-state index contributed by atoms with van der Waals surface area (Å²) >= 11 is 12.3. The fourth-order valence-electron chi connectivity index (χ4n) is 4.11. The van der Waals surface area contributed by atoms with Gasteiger partial charge in [-0.05, 0) is 73.9 Å². The van der Waals surface area contributed by atoms with Crippen molar-refractivity contribution in [3.05, 3.63) is 88.4 Å². The Labute approximate surface area is 252 Å². The Morgan fingerprint density at radius 1 is 0.902 bits per heavy atom. The van der Waals surface area contributed by atoms with Crippen LogP contribution in [0.15, 0.2) is 72.8 Å². The Kier molecular flexibility index (Phi) is 11.5. The number of carbonyl (C=O) groups is 2. The first-order valence-electron chi connectivity index (χ1n) is 13.3. The van der Waals surface area contributed by atoms with E-state index in [1.165, 1.54) is 4.90 Å². The monoisotopic (exact) mass is 619 g/mol. The maximum absolute atomic E-state index is 13.9. The summed E-state index contributed by atoms with van der Waals surface area (Å²) < 4.78 is 32.6. The van der Waals surface area contributed by atoms with Gasteiger partial charge >= 0.3 is 0 Å². The van der Waals surface area contributed by atoms with Crippen LogP contribution in [0.1, 0.15) is 39.2 Å². The molecule has 3 aromatic carbocycles. The van der Waals surface area contributed by atoms with E-state index in [-0.39, 0.29) is 24.2 Å². The number of para-hydroxylation sites is 1. The maximum atomic E-state index is 13.9. The summed E-state index contributed by atoms with van der Waals surface area (Å²) in [6.45, 7) is 5.16. The molecule has 2 amide bonds. The Balaban J connectivity index is 1.91. The Morgan fingerprint density at radius 3 is 2.10 bits per heavy atom. The molecule has 0 spiro atoms. The molecule has 220 valence electrons. The van der Waals surface area contributed by atoms with E-state index in [0.717, 1.165) is 17.0 Å². The number of anilines is 1. The number of benzene rings is 3. The van der Waals surface area contributed by atoms with Gasteiger partial charge in [0.15, 0.2) is 0 Å². The standard InChI is InChI=1S/C30H35Cl2N3O5S/c1-5-21(3)33-30(37)28(6-2)34(19-22-12-17-26(31)27(32)18-22)29(36)20-35(41(4,38)39)23-13-15-25(16-14-23)40-24-10-8-7-9-11-24/h7-18,21,28H,5-6,19-20H2,1-4H3,(H,33,37)/t21-,28+/m0/s1. The van der Waals surface area contributed by atoms with Crippen LogP contribution in [0.2, 0.25) is 10.0 Å². The predicted molar refractivity (Wildman–Crippen MR) is 164 cm³/mol. The van der Waals surface area contributed by atoms with Crippen LogP contribution in [-0.4, -0.2) is 50.0 Å². The van der Waals surface area contributed by atoms with Crippen LogP contribution in [0, 0.1) is 0 Å². The number of hydrogen-bond acceptors (Lipinski definition) is 5. The largest absolute Gasteiger partial charge is 0.457 e. The molecule has 0 aliphatic carbocycles. The zero-order chi connectivity index (χ0) is 30.2. The van der Waals surface area contributed by atoms with Crippen LogP contribution in [-0.2, 0) is 26.2 Å². The van der Waals surface area contributed by atoms with Crippen molar-refractivity contribution in [1.82, 2.24) is 10.2 Å². The van der Waals surface area contributed by atoms with Crippen molar-refractivity contribution >= 4 is 50.7 Å². The second-order valence-corrected chi connectivity index (χ2v) is 12.4. The molecule has 3 aromatic rings. The number of nitrogens with one attached hydrogen (secondary N) is 1. The maximum Gasteiger partial charge on any atom is 0.244 e. The number of amides is 2. The fourth-order valence-corrected chi connectivity index (χ4v) is 5.28. The Bertz CT molecular complexity index is 1440. The number of ether oxygens (including phenoxy) is 1. The minimum Gasteiger partial charge on any atom is -0.457 e. The normalized spacial score (nSPS) is 12.7. The van der Waals surface area contributed by atoms with Gasteiger partial charge in [-0.1, -0.05) is 61.3 Å². The highest BCUT2D eigenvalue weighted by Gasteiger charge is 2.32. The van der Waals surface area contributed by atoms with Crippen molar-refractivity contribution in [2.24, 2.45) is 0 Å². The molecule has 0 aliphatic rings. The van der Waals surface area contributed by atoms with E-state index in [4.69, 9.17) is 27.9 Å². The van der Waals surface area contributed by atoms with E-state index in [1.54, 1.807) is 61.5 Å². The number of carbonyl (C=O) groups excluding carboxylic acids is 2. The summed E-state index contributed by atoms with van der Waals surface area (Å²) in [4.78, 5) is 28.5. The molecule has 0 bridgehead atoms. The van der Waals surface area contributed by atoms with Gasteiger partial charge in [-0.3, -0.25) is 13.9 Å². The predicted octanol–water partition coefficient (Wildman–Crippen LogP) is 6.27. The van der Waals surface area contributed by atoms with Crippen LogP contribution in [0.4, 0.5) is 5.69 Å². The Hall–Kier alpha value is -3.27. The summed E-state index contributed by atoms with van der Waals surface area (Å²) in [6, 6.07) is 19.6. The number of sulfonamides is 1. The van der Waals surface area contributed by atoms with Gasteiger partial charge in [0.25, 0.3) is 0 Å². The topological polar surface area (TPSA) is 96.0 Å². The molecule has 0 saturated carbocycles. The molecule has 8 nitrogen and oxygen atoms in total. The molecule has 3 rings (SSSR count). The lowest BCUT2D eigenvalue weighted by Crippen LogP contribution is -2.53. The van der Waals surface area contributed by atoms with Gasteiger partial charge in [-0.15, -0.1) is 0 Å². The van der Waals surface area contributed by atoms with Gasteiger partial charge in [-0.25, -0.2) is 8.42 Å². The third kappa shape index (κ3) is 9.11. The summed E-state index contributed by atoms with van der Waals surface area (Å²) in [5.41, 5.74) is 0.934. The van der Waals surface area contributed by atoms with Crippen molar-refractivity contribution in [3.8, 4) is 11.5 Å². The van der Waals surface area contributed by atoms with Gasteiger partial charge in [-0.2, -0.15) is 0 Å². The number of rotatable bonds is 13. The molecule has 11 heteroatoms. The third-order valence-corrected chi connectivity index (χ3v) is 8.39. The van der Waals surface area contributed by atoms with Crippen LogP contribution in [0.5, 0.6) is 11.5 Å². The van der Waals surface area contributed by atoms with E-state index in [0.29, 0.717) is 33.5 Å². The first-order valence-corrected chi connectivity index (χ1v) is 15.9.